The highest BCUT2D eigenvalue weighted by atomic mass is 19.4. The summed E-state index contributed by atoms with van der Waals surface area (Å²) in [4.78, 5) is 12.2. The number of alkyl halides is 3. The van der Waals surface area contributed by atoms with E-state index in [0.29, 0.717) is 5.69 Å². The Kier molecular flexibility index (Phi) is 5.58. The lowest BCUT2D eigenvalue weighted by Gasteiger charge is -2.15. The van der Waals surface area contributed by atoms with Crippen molar-refractivity contribution in [3.8, 4) is 5.69 Å². The first-order valence-electron chi connectivity index (χ1n) is 8.88. The van der Waals surface area contributed by atoms with Crippen LogP contribution in [0.4, 0.5) is 13.2 Å². The molecule has 0 aliphatic carbocycles. The maximum Gasteiger partial charge on any atom is 0.435 e. The molecule has 1 aromatic carbocycles. The zero-order chi connectivity index (χ0) is 20.3. The SMILES string of the molecule is Cc1cc(C(F)(F)F)nn1CCC(=O)NC(C)c1ccc(-n2cccc2)cc1. The van der Waals surface area contributed by atoms with E-state index < -0.39 is 11.9 Å². The minimum absolute atomic E-state index is 0.0472. The third-order valence-electron chi connectivity index (χ3n) is 4.50. The maximum atomic E-state index is 12.7. The third kappa shape index (κ3) is 4.62. The van der Waals surface area contributed by atoms with Gasteiger partial charge in [0, 0.05) is 36.7 Å². The number of carbonyl (C=O) groups is 1. The van der Waals surface area contributed by atoms with E-state index in [0.717, 1.165) is 17.3 Å². The number of hydrogen-bond donors (Lipinski definition) is 1. The van der Waals surface area contributed by atoms with Crippen LogP contribution in [0.2, 0.25) is 0 Å². The van der Waals surface area contributed by atoms with Crippen LogP contribution in [-0.2, 0) is 17.5 Å². The van der Waals surface area contributed by atoms with E-state index in [1.165, 1.54) is 11.6 Å². The first-order chi connectivity index (χ1) is 13.2. The number of carbonyl (C=O) groups excluding carboxylic acids is 1. The Balaban J connectivity index is 1.55. The summed E-state index contributed by atoms with van der Waals surface area (Å²) in [6.07, 6.45) is -0.547. The van der Waals surface area contributed by atoms with Crippen LogP contribution in [-0.4, -0.2) is 20.3 Å². The standard InChI is InChI=1S/C20H21F3N4O/c1-14-13-18(20(21,22)23)25-27(14)12-9-19(28)24-15(2)16-5-7-17(8-6-16)26-10-3-4-11-26/h3-8,10-11,13,15H,9,12H2,1-2H3,(H,24,28). The van der Waals surface area contributed by atoms with Gasteiger partial charge in [0.2, 0.25) is 5.91 Å². The summed E-state index contributed by atoms with van der Waals surface area (Å²) in [5, 5.41) is 6.40. The molecule has 3 rings (SSSR count). The molecule has 1 atom stereocenters. The normalized spacial score (nSPS) is 12.8. The average molecular weight is 390 g/mol. The Bertz CT molecular complexity index is 928. The van der Waals surface area contributed by atoms with Crippen molar-refractivity contribution in [3.63, 3.8) is 0 Å². The monoisotopic (exact) mass is 390 g/mol. The number of nitrogens with one attached hydrogen (secondary N) is 1. The highest BCUT2D eigenvalue weighted by Gasteiger charge is 2.34. The van der Waals surface area contributed by atoms with Crippen molar-refractivity contribution < 1.29 is 18.0 Å². The lowest BCUT2D eigenvalue weighted by molar-refractivity contribution is -0.141. The van der Waals surface area contributed by atoms with Gasteiger partial charge in [-0.2, -0.15) is 18.3 Å². The van der Waals surface area contributed by atoms with Gasteiger partial charge < -0.3 is 9.88 Å². The van der Waals surface area contributed by atoms with Crippen LogP contribution in [0.3, 0.4) is 0 Å². The molecule has 148 valence electrons. The number of aromatic nitrogens is 3. The lowest BCUT2D eigenvalue weighted by Crippen LogP contribution is -2.27. The number of rotatable bonds is 6. The molecule has 5 nitrogen and oxygen atoms in total. The van der Waals surface area contributed by atoms with Gasteiger partial charge in [0.25, 0.3) is 0 Å². The maximum absolute atomic E-state index is 12.7. The number of nitrogens with zero attached hydrogens (tertiary/aromatic N) is 3. The topological polar surface area (TPSA) is 51.9 Å². The number of amides is 1. The summed E-state index contributed by atoms with van der Waals surface area (Å²) in [6.45, 7) is 3.49. The Morgan fingerprint density at radius 2 is 1.82 bits per heavy atom. The van der Waals surface area contributed by atoms with Crippen LogP contribution in [0.15, 0.2) is 54.9 Å². The first-order valence-corrected chi connectivity index (χ1v) is 8.88. The molecule has 2 aromatic heterocycles. The molecule has 1 amide bonds. The van der Waals surface area contributed by atoms with Gasteiger partial charge in [-0.25, -0.2) is 0 Å². The van der Waals surface area contributed by atoms with E-state index >= 15 is 0 Å². The van der Waals surface area contributed by atoms with E-state index in [1.54, 1.807) is 0 Å². The number of benzene rings is 1. The number of halogens is 3. The quantitative estimate of drug-likeness (QED) is 0.683. The van der Waals surface area contributed by atoms with Gasteiger partial charge in [-0.15, -0.1) is 0 Å². The molecule has 0 radical (unpaired) electrons. The summed E-state index contributed by atoms with van der Waals surface area (Å²) >= 11 is 0. The molecule has 0 saturated heterocycles. The van der Waals surface area contributed by atoms with Crippen molar-refractivity contribution >= 4 is 5.91 Å². The molecule has 0 saturated carbocycles. The van der Waals surface area contributed by atoms with Crippen LogP contribution >= 0.6 is 0 Å². The minimum atomic E-state index is -4.49. The Morgan fingerprint density at radius 1 is 1.18 bits per heavy atom. The average Bonchev–Trinajstić information content (AvgIpc) is 3.29. The van der Waals surface area contributed by atoms with Gasteiger partial charge in [-0.1, -0.05) is 12.1 Å². The smallest absolute Gasteiger partial charge is 0.350 e. The fourth-order valence-electron chi connectivity index (χ4n) is 2.92. The Hall–Kier alpha value is -3.03. The molecule has 28 heavy (non-hydrogen) atoms. The number of aryl methyl sites for hydroxylation is 2. The fourth-order valence-corrected chi connectivity index (χ4v) is 2.92. The second-order valence-corrected chi connectivity index (χ2v) is 6.61. The van der Waals surface area contributed by atoms with E-state index in [4.69, 9.17) is 0 Å². The van der Waals surface area contributed by atoms with Crippen LogP contribution in [0, 0.1) is 6.92 Å². The molecule has 1 N–H and O–H groups in total. The minimum Gasteiger partial charge on any atom is -0.350 e. The van der Waals surface area contributed by atoms with Crippen molar-refractivity contribution in [2.45, 2.75) is 39.0 Å². The summed E-state index contributed by atoms with van der Waals surface area (Å²) in [6, 6.07) is 12.4. The van der Waals surface area contributed by atoms with Crippen LogP contribution in [0.5, 0.6) is 0 Å². The first kappa shape index (κ1) is 19.7. The second kappa shape index (κ2) is 7.92. The van der Waals surface area contributed by atoms with Gasteiger partial charge in [0.1, 0.15) is 0 Å². The van der Waals surface area contributed by atoms with E-state index in [2.05, 4.69) is 10.4 Å². The summed E-state index contributed by atoms with van der Waals surface area (Å²) in [5.74, 6) is -0.245. The van der Waals surface area contributed by atoms with Gasteiger partial charge in [-0.3, -0.25) is 9.48 Å². The van der Waals surface area contributed by atoms with Gasteiger partial charge in [0.15, 0.2) is 5.69 Å². The number of hydrogen-bond acceptors (Lipinski definition) is 2. The highest BCUT2D eigenvalue weighted by Crippen LogP contribution is 2.28. The van der Waals surface area contributed by atoms with Gasteiger partial charge in [0.05, 0.1) is 6.04 Å². The molecule has 0 bridgehead atoms. The molecule has 8 heteroatoms. The van der Waals surface area contributed by atoms with Crippen molar-refractivity contribution in [1.82, 2.24) is 19.7 Å². The van der Waals surface area contributed by atoms with Gasteiger partial charge >= 0.3 is 6.18 Å². The van der Waals surface area contributed by atoms with Crippen molar-refractivity contribution in [3.05, 3.63) is 71.8 Å². The molecule has 1 unspecified atom stereocenters. The zero-order valence-corrected chi connectivity index (χ0v) is 15.6. The third-order valence-corrected chi connectivity index (χ3v) is 4.50. The van der Waals surface area contributed by atoms with Crippen molar-refractivity contribution in [2.24, 2.45) is 0 Å². The highest BCUT2D eigenvalue weighted by molar-refractivity contribution is 5.76. The summed E-state index contributed by atoms with van der Waals surface area (Å²) in [7, 11) is 0. The fraction of sp³-hybridized carbons (Fsp3) is 0.300. The molecule has 0 fully saturated rings. The molecule has 0 spiro atoms. The predicted octanol–water partition coefficient (Wildman–Crippen LogP) is 4.27. The van der Waals surface area contributed by atoms with Crippen LogP contribution in [0.1, 0.15) is 36.3 Å². The molecule has 2 heterocycles. The van der Waals surface area contributed by atoms with Crippen LogP contribution < -0.4 is 5.32 Å². The largest absolute Gasteiger partial charge is 0.435 e. The van der Waals surface area contributed by atoms with Crippen molar-refractivity contribution in [1.29, 1.82) is 0 Å². The van der Waals surface area contributed by atoms with Gasteiger partial charge in [-0.05, 0) is 49.7 Å². The predicted molar refractivity (Wildman–Crippen MR) is 98.9 cm³/mol. The second-order valence-electron chi connectivity index (χ2n) is 6.61. The van der Waals surface area contributed by atoms with E-state index in [-0.39, 0.29) is 24.9 Å². The lowest BCUT2D eigenvalue weighted by atomic mass is 10.1. The summed E-state index contributed by atoms with van der Waals surface area (Å²) < 4.78 is 41.3. The molecular weight excluding hydrogens is 369 g/mol. The zero-order valence-electron chi connectivity index (χ0n) is 15.6. The molecule has 0 aliphatic rings. The Morgan fingerprint density at radius 3 is 2.39 bits per heavy atom. The summed E-state index contributed by atoms with van der Waals surface area (Å²) in [5.41, 5.74) is 1.39. The Labute approximate surface area is 160 Å². The van der Waals surface area contributed by atoms with Crippen LogP contribution in [0.25, 0.3) is 5.69 Å². The molecular formula is C20H21F3N4O. The van der Waals surface area contributed by atoms with E-state index in [1.807, 2.05) is 60.3 Å². The van der Waals surface area contributed by atoms with Crippen molar-refractivity contribution in [2.75, 3.05) is 0 Å². The van der Waals surface area contributed by atoms with E-state index in [9.17, 15) is 18.0 Å². The molecule has 0 aliphatic heterocycles. The molecule has 3 aromatic rings.